The Morgan fingerprint density at radius 3 is 2.53 bits per heavy atom. The molecule has 0 aliphatic carbocycles. The molecule has 100 valence electrons. The second-order valence-electron chi connectivity index (χ2n) is 3.70. The third kappa shape index (κ3) is 9.98. The van der Waals surface area contributed by atoms with Gasteiger partial charge in [-0.25, -0.2) is 0 Å². The number of carbonyl (C=O) groups is 1. The second-order valence-corrected chi connectivity index (χ2v) is 5.38. The van der Waals surface area contributed by atoms with Crippen LogP contribution in [0, 0.1) is 0 Å². The molecule has 7 heteroatoms. The Hall–Kier alpha value is -0.920. The molecule has 0 aromatic carbocycles. The molecule has 1 N–H and O–H groups in total. The van der Waals surface area contributed by atoms with Crippen molar-refractivity contribution < 1.29 is 17.5 Å². The van der Waals surface area contributed by atoms with Crippen LogP contribution < -0.4 is 5.32 Å². The molecule has 0 atom stereocenters. The SMILES string of the molecule is C=CC(=O)NCCCCCS(=O)(=O)ON(C)C. The topological polar surface area (TPSA) is 75.7 Å². The molecule has 1 amide bonds. The second kappa shape index (κ2) is 8.21. The highest BCUT2D eigenvalue weighted by atomic mass is 32.2. The maximum Gasteiger partial charge on any atom is 0.283 e. The van der Waals surface area contributed by atoms with Crippen LogP contribution in [0.1, 0.15) is 19.3 Å². The monoisotopic (exact) mass is 264 g/mol. The Morgan fingerprint density at radius 2 is 2.00 bits per heavy atom. The normalized spacial score (nSPS) is 11.5. The van der Waals surface area contributed by atoms with Crippen LogP contribution in [-0.2, 0) is 19.2 Å². The third-order valence-corrected chi connectivity index (χ3v) is 3.13. The fraction of sp³-hybridized carbons (Fsp3) is 0.700. The van der Waals surface area contributed by atoms with Crippen LogP contribution in [0.15, 0.2) is 12.7 Å². The van der Waals surface area contributed by atoms with Crippen molar-refractivity contribution in [2.45, 2.75) is 19.3 Å². The Morgan fingerprint density at radius 1 is 1.35 bits per heavy atom. The number of amides is 1. The molecule has 0 saturated carbocycles. The van der Waals surface area contributed by atoms with E-state index in [0.29, 0.717) is 19.4 Å². The van der Waals surface area contributed by atoms with E-state index in [1.807, 2.05) is 0 Å². The summed E-state index contributed by atoms with van der Waals surface area (Å²) >= 11 is 0. The molecule has 0 saturated heterocycles. The molecule has 0 fully saturated rings. The molecule has 0 radical (unpaired) electrons. The van der Waals surface area contributed by atoms with Gasteiger partial charge >= 0.3 is 0 Å². The first kappa shape index (κ1) is 16.1. The maximum atomic E-state index is 11.3. The number of nitrogens with zero attached hydrogens (tertiary/aromatic N) is 1. The lowest BCUT2D eigenvalue weighted by Gasteiger charge is -2.10. The molecule has 6 nitrogen and oxygen atoms in total. The minimum Gasteiger partial charge on any atom is -0.353 e. The number of unbranched alkanes of at least 4 members (excludes halogenated alkanes) is 2. The van der Waals surface area contributed by atoms with Crippen LogP contribution >= 0.6 is 0 Å². The van der Waals surface area contributed by atoms with Gasteiger partial charge in [0.25, 0.3) is 10.1 Å². The lowest BCUT2D eigenvalue weighted by Crippen LogP contribution is -2.22. The van der Waals surface area contributed by atoms with Gasteiger partial charge in [-0.3, -0.25) is 4.79 Å². The van der Waals surface area contributed by atoms with Gasteiger partial charge < -0.3 is 5.32 Å². The highest BCUT2D eigenvalue weighted by molar-refractivity contribution is 7.86. The van der Waals surface area contributed by atoms with Gasteiger partial charge in [-0.15, -0.1) is 0 Å². The summed E-state index contributed by atoms with van der Waals surface area (Å²) in [7, 11) is -0.434. The lowest BCUT2D eigenvalue weighted by atomic mass is 10.2. The summed E-state index contributed by atoms with van der Waals surface area (Å²) in [6, 6.07) is 0. The predicted octanol–water partition coefficient (Wildman–Crippen LogP) is 0.282. The van der Waals surface area contributed by atoms with E-state index in [2.05, 4.69) is 16.2 Å². The molecule has 0 unspecified atom stereocenters. The number of rotatable bonds is 9. The van der Waals surface area contributed by atoms with Gasteiger partial charge in [0.15, 0.2) is 0 Å². The Balaban J connectivity index is 3.58. The fourth-order valence-corrected chi connectivity index (χ4v) is 2.22. The molecule has 0 aliphatic rings. The van der Waals surface area contributed by atoms with E-state index in [9.17, 15) is 13.2 Å². The van der Waals surface area contributed by atoms with Crippen LogP contribution in [0.5, 0.6) is 0 Å². The van der Waals surface area contributed by atoms with Gasteiger partial charge in [-0.2, -0.15) is 17.8 Å². The van der Waals surface area contributed by atoms with E-state index < -0.39 is 10.1 Å². The Kier molecular flexibility index (Phi) is 7.77. The van der Waals surface area contributed by atoms with Crippen molar-refractivity contribution in [3.05, 3.63) is 12.7 Å². The summed E-state index contributed by atoms with van der Waals surface area (Å²) < 4.78 is 27.2. The van der Waals surface area contributed by atoms with Gasteiger partial charge in [0.05, 0.1) is 5.75 Å². The fourth-order valence-electron chi connectivity index (χ4n) is 1.13. The molecule has 0 aromatic rings. The Labute approximate surface area is 103 Å². The van der Waals surface area contributed by atoms with Crippen molar-refractivity contribution >= 4 is 16.0 Å². The van der Waals surface area contributed by atoms with Crippen LogP contribution in [0.25, 0.3) is 0 Å². The van der Waals surface area contributed by atoms with Gasteiger partial charge in [0.1, 0.15) is 0 Å². The van der Waals surface area contributed by atoms with Crippen molar-refractivity contribution in [1.82, 2.24) is 10.4 Å². The van der Waals surface area contributed by atoms with Gasteiger partial charge in [-0.05, 0) is 18.9 Å². The van der Waals surface area contributed by atoms with Crippen LogP contribution in [-0.4, -0.2) is 45.8 Å². The molecular formula is C10H20N2O4S. The van der Waals surface area contributed by atoms with Crippen molar-refractivity contribution in [3.63, 3.8) is 0 Å². The summed E-state index contributed by atoms with van der Waals surface area (Å²) in [6.45, 7) is 3.85. The van der Waals surface area contributed by atoms with Gasteiger partial charge in [0.2, 0.25) is 5.91 Å². The first-order valence-corrected chi connectivity index (χ1v) is 6.95. The highest BCUT2D eigenvalue weighted by Gasteiger charge is 2.12. The van der Waals surface area contributed by atoms with E-state index in [-0.39, 0.29) is 11.7 Å². The van der Waals surface area contributed by atoms with E-state index in [4.69, 9.17) is 0 Å². The molecule has 0 spiro atoms. The maximum absolute atomic E-state index is 11.3. The molecule has 0 aromatic heterocycles. The number of hydrogen-bond acceptors (Lipinski definition) is 5. The van der Waals surface area contributed by atoms with Gasteiger partial charge in [-0.1, -0.05) is 13.0 Å². The lowest BCUT2D eigenvalue weighted by molar-refractivity contribution is -0.116. The first-order valence-electron chi connectivity index (χ1n) is 5.37. The van der Waals surface area contributed by atoms with E-state index in [1.54, 1.807) is 0 Å². The largest absolute Gasteiger partial charge is 0.353 e. The molecule has 0 heterocycles. The minimum atomic E-state index is -3.47. The number of carbonyl (C=O) groups excluding carboxylic acids is 1. The Bertz CT molecular complexity index is 338. The molecule has 0 bridgehead atoms. The summed E-state index contributed by atoms with van der Waals surface area (Å²) in [5, 5.41) is 3.77. The zero-order chi connectivity index (χ0) is 13.3. The third-order valence-electron chi connectivity index (χ3n) is 1.82. The average molecular weight is 264 g/mol. The first-order chi connectivity index (χ1) is 7.87. The molecule has 0 rings (SSSR count). The minimum absolute atomic E-state index is 0.0133. The van der Waals surface area contributed by atoms with Crippen LogP contribution in [0.3, 0.4) is 0 Å². The van der Waals surface area contributed by atoms with Gasteiger partial charge in [0, 0.05) is 20.6 Å². The zero-order valence-corrected chi connectivity index (χ0v) is 11.1. The summed E-state index contributed by atoms with van der Waals surface area (Å²) in [4.78, 5) is 10.8. The van der Waals surface area contributed by atoms with E-state index >= 15 is 0 Å². The number of nitrogens with one attached hydrogen (secondary N) is 1. The quantitative estimate of drug-likeness (QED) is 0.368. The van der Waals surface area contributed by atoms with Crippen molar-refractivity contribution in [2.75, 3.05) is 26.4 Å². The van der Waals surface area contributed by atoms with E-state index in [0.717, 1.165) is 11.5 Å². The highest BCUT2D eigenvalue weighted by Crippen LogP contribution is 2.02. The molecular weight excluding hydrogens is 244 g/mol. The van der Waals surface area contributed by atoms with Crippen LogP contribution in [0.4, 0.5) is 0 Å². The summed E-state index contributed by atoms with van der Waals surface area (Å²) in [6.07, 6.45) is 3.17. The average Bonchev–Trinajstić information content (AvgIpc) is 2.20. The predicted molar refractivity (Wildman–Crippen MR) is 65.6 cm³/mol. The molecule has 0 aliphatic heterocycles. The number of hydrogen-bond donors (Lipinski definition) is 1. The smallest absolute Gasteiger partial charge is 0.283 e. The van der Waals surface area contributed by atoms with Crippen molar-refractivity contribution in [1.29, 1.82) is 0 Å². The van der Waals surface area contributed by atoms with Crippen molar-refractivity contribution in [2.24, 2.45) is 0 Å². The zero-order valence-electron chi connectivity index (χ0n) is 10.3. The van der Waals surface area contributed by atoms with E-state index in [1.165, 1.54) is 20.2 Å². The standard InChI is InChI=1S/C10H20N2O4S/c1-4-10(13)11-8-6-5-7-9-17(14,15)16-12(2)3/h4H,1,5-9H2,2-3H3,(H,11,13). The summed E-state index contributed by atoms with van der Waals surface area (Å²) in [5.41, 5.74) is 0. The molecule has 17 heavy (non-hydrogen) atoms. The number of hydroxylamine groups is 2. The summed E-state index contributed by atoms with van der Waals surface area (Å²) in [5.74, 6) is -0.228. The van der Waals surface area contributed by atoms with Crippen molar-refractivity contribution in [3.8, 4) is 0 Å². The van der Waals surface area contributed by atoms with Crippen LogP contribution in [0.2, 0.25) is 0 Å².